The second-order valence-electron chi connectivity index (χ2n) is 8.23. The van der Waals surface area contributed by atoms with Crippen molar-refractivity contribution in [1.82, 2.24) is 25.4 Å². The van der Waals surface area contributed by atoms with Crippen LogP contribution in [0.5, 0.6) is 0 Å². The molecule has 1 saturated carbocycles. The number of hydrogen-bond donors (Lipinski definition) is 2. The Morgan fingerprint density at radius 3 is 2.52 bits per heavy atom. The summed E-state index contributed by atoms with van der Waals surface area (Å²) in [5.74, 6) is 0. The van der Waals surface area contributed by atoms with Gasteiger partial charge in [0.1, 0.15) is 0 Å². The fourth-order valence-electron chi connectivity index (χ4n) is 4.40. The maximum atomic E-state index is 12.7. The molecule has 27 heavy (non-hydrogen) atoms. The van der Waals surface area contributed by atoms with Crippen LogP contribution in [0.4, 0.5) is 4.79 Å². The van der Waals surface area contributed by atoms with Crippen LogP contribution in [0.15, 0.2) is 24.4 Å². The second kappa shape index (κ2) is 7.73. The Kier molecular flexibility index (Phi) is 5.34. The Hall–Kier alpha value is -1.70. The molecule has 0 bridgehead atoms. The Morgan fingerprint density at radius 2 is 1.89 bits per heavy atom. The molecule has 3 fully saturated rings. The smallest absolute Gasteiger partial charge is 0.315 e. The van der Waals surface area contributed by atoms with Crippen LogP contribution in [0.25, 0.3) is 0 Å². The number of likely N-dealkylation sites (tertiary alicyclic amines) is 1. The van der Waals surface area contributed by atoms with Crippen LogP contribution in [-0.4, -0.2) is 79.3 Å². The highest BCUT2D eigenvalue weighted by atomic mass is 16.5. The molecule has 7 heteroatoms. The SMILES string of the molecule is CN1CCC(CNC(=O)NC2(c3ccccn3)CC2)(N2CCOCC2)CC1. The number of urea groups is 1. The molecule has 4 rings (SSSR count). The normalized spacial score (nSPS) is 24.9. The molecule has 2 aliphatic heterocycles. The minimum absolute atomic E-state index is 0.0370. The number of amides is 2. The van der Waals surface area contributed by atoms with Gasteiger partial charge in [-0.2, -0.15) is 0 Å². The van der Waals surface area contributed by atoms with Crippen LogP contribution < -0.4 is 10.6 Å². The number of aromatic nitrogens is 1. The van der Waals surface area contributed by atoms with Crippen LogP contribution in [-0.2, 0) is 10.3 Å². The van der Waals surface area contributed by atoms with Gasteiger partial charge in [-0.1, -0.05) is 6.07 Å². The first-order valence-corrected chi connectivity index (χ1v) is 10.1. The average Bonchev–Trinajstić information content (AvgIpc) is 3.50. The van der Waals surface area contributed by atoms with Gasteiger partial charge in [-0.25, -0.2) is 4.79 Å². The van der Waals surface area contributed by atoms with Gasteiger partial charge in [-0.15, -0.1) is 0 Å². The molecular formula is C20H31N5O2. The first-order chi connectivity index (χ1) is 13.1. The fourth-order valence-corrected chi connectivity index (χ4v) is 4.40. The summed E-state index contributed by atoms with van der Waals surface area (Å²) >= 11 is 0. The third-order valence-corrected chi connectivity index (χ3v) is 6.44. The number of pyridine rings is 1. The van der Waals surface area contributed by atoms with E-state index in [-0.39, 0.29) is 17.1 Å². The van der Waals surface area contributed by atoms with Crippen molar-refractivity contribution in [3.05, 3.63) is 30.1 Å². The summed E-state index contributed by atoms with van der Waals surface area (Å²) in [5.41, 5.74) is 0.724. The molecule has 2 amide bonds. The molecule has 3 aliphatic rings. The van der Waals surface area contributed by atoms with E-state index >= 15 is 0 Å². The Balaban J connectivity index is 1.38. The van der Waals surface area contributed by atoms with Crippen LogP contribution in [0.2, 0.25) is 0 Å². The Labute approximate surface area is 161 Å². The molecule has 0 radical (unpaired) electrons. The largest absolute Gasteiger partial charge is 0.379 e. The third kappa shape index (κ3) is 4.10. The maximum Gasteiger partial charge on any atom is 0.315 e. The van der Waals surface area contributed by atoms with Crippen molar-refractivity contribution < 1.29 is 9.53 Å². The number of piperidine rings is 1. The van der Waals surface area contributed by atoms with Gasteiger partial charge < -0.3 is 20.3 Å². The fraction of sp³-hybridized carbons (Fsp3) is 0.700. The topological polar surface area (TPSA) is 69.7 Å². The van der Waals surface area contributed by atoms with Gasteiger partial charge in [-0.05, 0) is 58.0 Å². The summed E-state index contributed by atoms with van der Waals surface area (Å²) in [6, 6.07) is 5.81. The standard InChI is InChI=1S/C20H31N5O2/c1-24-10-7-19(8-11-24,25-12-14-27-15-13-25)16-22-18(26)23-20(5-6-20)17-4-2-3-9-21-17/h2-4,9H,5-8,10-16H2,1H3,(H2,22,23,26). The number of rotatable bonds is 5. The van der Waals surface area contributed by atoms with Crippen molar-refractivity contribution >= 4 is 6.03 Å². The molecular weight excluding hydrogens is 342 g/mol. The van der Waals surface area contributed by atoms with Gasteiger partial charge in [0.25, 0.3) is 0 Å². The molecule has 0 atom stereocenters. The lowest BCUT2D eigenvalue weighted by atomic mass is 9.85. The highest BCUT2D eigenvalue weighted by Crippen LogP contribution is 2.44. The third-order valence-electron chi connectivity index (χ3n) is 6.44. The lowest BCUT2D eigenvalue weighted by Crippen LogP contribution is -2.63. The average molecular weight is 374 g/mol. The molecule has 0 unspecified atom stereocenters. The Morgan fingerprint density at radius 1 is 1.15 bits per heavy atom. The van der Waals surface area contributed by atoms with Gasteiger partial charge in [0.15, 0.2) is 0 Å². The van der Waals surface area contributed by atoms with Crippen molar-refractivity contribution in [3.63, 3.8) is 0 Å². The summed E-state index contributed by atoms with van der Waals surface area (Å²) in [6.07, 6.45) is 5.86. The molecule has 2 saturated heterocycles. The van der Waals surface area contributed by atoms with Crippen molar-refractivity contribution in [2.45, 2.75) is 36.8 Å². The molecule has 0 aromatic carbocycles. The van der Waals surface area contributed by atoms with E-state index in [1.807, 2.05) is 18.2 Å². The molecule has 2 N–H and O–H groups in total. The molecule has 0 spiro atoms. The molecule has 3 heterocycles. The zero-order valence-electron chi connectivity index (χ0n) is 16.2. The first kappa shape index (κ1) is 18.7. The van der Waals surface area contributed by atoms with Gasteiger partial charge in [-0.3, -0.25) is 9.88 Å². The van der Waals surface area contributed by atoms with Gasteiger partial charge in [0.2, 0.25) is 0 Å². The highest BCUT2D eigenvalue weighted by Gasteiger charge is 2.47. The minimum atomic E-state index is -0.274. The number of nitrogens with one attached hydrogen (secondary N) is 2. The molecule has 1 aromatic rings. The molecule has 1 aliphatic carbocycles. The number of morpholine rings is 1. The van der Waals surface area contributed by atoms with E-state index in [0.717, 1.165) is 70.8 Å². The summed E-state index contributed by atoms with van der Waals surface area (Å²) in [7, 11) is 2.17. The van der Waals surface area contributed by atoms with Crippen molar-refractivity contribution in [2.75, 3.05) is 53.0 Å². The Bertz CT molecular complexity index is 635. The molecule has 1 aromatic heterocycles. The number of ether oxygens (including phenoxy) is 1. The quantitative estimate of drug-likeness (QED) is 0.811. The summed E-state index contributed by atoms with van der Waals surface area (Å²) in [5, 5.41) is 6.38. The predicted molar refractivity (Wildman–Crippen MR) is 104 cm³/mol. The van der Waals surface area contributed by atoms with Crippen LogP contribution in [0, 0.1) is 0 Å². The van der Waals surface area contributed by atoms with Gasteiger partial charge in [0, 0.05) is 31.4 Å². The lowest BCUT2D eigenvalue weighted by Gasteiger charge is -2.49. The predicted octanol–water partition coefficient (Wildman–Crippen LogP) is 1.17. The molecule has 148 valence electrons. The van der Waals surface area contributed by atoms with Gasteiger partial charge in [0.05, 0.1) is 24.4 Å². The van der Waals surface area contributed by atoms with E-state index < -0.39 is 0 Å². The number of carbonyl (C=O) groups excluding carboxylic acids is 1. The zero-order chi connectivity index (χ0) is 18.7. The van der Waals surface area contributed by atoms with E-state index in [0.29, 0.717) is 6.54 Å². The van der Waals surface area contributed by atoms with E-state index in [4.69, 9.17) is 4.74 Å². The number of carbonyl (C=O) groups is 1. The lowest BCUT2D eigenvalue weighted by molar-refractivity contribution is -0.0435. The van der Waals surface area contributed by atoms with Crippen LogP contribution in [0.3, 0.4) is 0 Å². The number of hydrogen-bond acceptors (Lipinski definition) is 5. The zero-order valence-corrected chi connectivity index (χ0v) is 16.2. The van der Waals surface area contributed by atoms with Crippen molar-refractivity contribution in [3.8, 4) is 0 Å². The van der Waals surface area contributed by atoms with E-state index in [2.05, 4.69) is 32.5 Å². The van der Waals surface area contributed by atoms with Crippen molar-refractivity contribution in [1.29, 1.82) is 0 Å². The monoisotopic (exact) mass is 373 g/mol. The summed E-state index contributed by atoms with van der Waals surface area (Å²) in [4.78, 5) is 22.1. The first-order valence-electron chi connectivity index (χ1n) is 10.1. The van der Waals surface area contributed by atoms with E-state index in [1.165, 1.54) is 0 Å². The van der Waals surface area contributed by atoms with Crippen molar-refractivity contribution in [2.24, 2.45) is 0 Å². The number of nitrogens with zero attached hydrogens (tertiary/aromatic N) is 3. The molecule has 7 nitrogen and oxygen atoms in total. The second-order valence-corrected chi connectivity index (χ2v) is 8.23. The summed E-state index contributed by atoms with van der Waals surface area (Å²) in [6.45, 7) is 6.29. The van der Waals surface area contributed by atoms with Crippen LogP contribution >= 0.6 is 0 Å². The van der Waals surface area contributed by atoms with E-state index in [9.17, 15) is 4.79 Å². The highest BCUT2D eigenvalue weighted by molar-refractivity contribution is 5.75. The van der Waals surface area contributed by atoms with E-state index in [1.54, 1.807) is 6.20 Å². The van der Waals surface area contributed by atoms with Gasteiger partial charge >= 0.3 is 6.03 Å². The maximum absolute atomic E-state index is 12.7. The minimum Gasteiger partial charge on any atom is -0.379 e. The van der Waals surface area contributed by atoms with Crippen LogP contribution in [0.1, 0.15) is 31.4 Å². The summed E-state index contributed by atoms with van der Waals surface area (Å²) < 4.78 is 5.55.